The lowest BCUT2D eigenvalue weighted by atomic mass is 9.95. The molecule has 0 unspecified atom stereocenters. The molecule has 0 aliphatic heterocycles. The van der Waals surface area contributed by atoms with Crippen molar-refractivity contribution < 1.29 is 0 Å². The minimum absolute atomic E-state index is 0.609. The van der Waals surface area contributed by atoms with Gasteiger partial charge in [-0.05, 0) is 24.8 Å². The summed E-state index contributed by atoms with van der Waals surface area (Å²) in [6, 6.07) is 0. The van der Waals surface area contributed by atoms with Crippen LogP contribution in [0.5, 0.6) is 0 Å². The molecule has 0 heterocycles. The van der Waals surface area contributed by atoms with Gasteiger partial charge in [0.05, 0.1) is 0 Å². The normalized spacial score (nSPS) is 26.2. The Morgan fingerprint density at radius 3 is 2.50 bits per heavy atom. The second kappa shape index (κ2) is 2.22. The van der Waals surface area contributed by atoms with E-state index in [0.29, 0.717) is 5.92 Å². The van der Waals surface area contributed by atoms with E-state index in [-0.39, 0.29) is 0 Å². The number of hydrogen-bond acceptors (Lipinski definition) is 0. The fourth-order valence-electron chi connectivity index (χ4n) is 2.43. The van der Waals surface area contributed by atoms with Crippen molar-refractivity contribution in [2.75, 3.05) is 0 Å². The van der Waals surface area contributed by atoms with Crippen molar-refractivity contribution >= 4 is 0 Å². The molecule has 0 heteroatoms. The summed E-state index contributed by atoms with van der Waals surface area (Å²) in [6.45, 7) is 0. The highest BCUT2D eigenvalue weighted by Gasteiger charge is 2.25. The van der Waals surface area contributed by atoms with Gasteiger partial charge in [0.25, 0.3) is 0 Å². The molecule has 0 saturated heterocycles. The molecule has 0 nitrogen and oxygen atoms in total. The minimum Gasteiger partial charge on any atom is -0.0732 e. The summed E-state index contributed by atoms with van der Waals surface area (Å²) < 4.78 is 0. The molecule has 3 aliphatic carbocycles. The molecule has 0 radical (unpaired) electrons. The molecule has 0 aromatic carbocycles. The lowest BCUT2D eigenvalue weighted by molar-refractivity contribution is 0.935. The van der Waals surface area contributed by atoms with Crippen LogP contribution in [0.25, 0.3) is 0 Å². The molecular weight excluding hydrogens is 144 g/mol. The van der Waals surface area contributed by atoms with Gasteiger partial charge in [-0.3, -0.25) is 0 Å². The Labute approximate surface area is 73.0 Å². The summed E-state index contributed by atoms with van der Waals surface area (Å²) in [5.41, 5.74) is 4.96. The number of fused-ring (bicyclic) bond motifs is 2. The maximum absolute atomic E-state index is 2.42. The van der Waals surface area contributed by atoms with Gasteiger partial charge >= 0.3 is 0 Å². The first kappa shape index (κ1) is 6.47. The molecule has 0 amide bonds. The maximum atomic E-state index is 2.42. The van der Waals surface area contributed by atoms with E-state index < -0.39 is 0 Å². The number of hydrogen-bond donors (Lipinski definition) is 0. The summed E-state index contributed by atoms with van der Waals surface area (Å²) >= 11 is 0. The van der Waals surface area contributed by atoms with E-state index in [9.17, 15) is 0 Å². The van der Waals surface area contributed by atoms with Crippen molar-refractivity contribution in [2.45, 2.75) is 19.3 Å². The summed E-state index contributed by atoms with van der Waals surface area (Å²) in [5, 5.41) is 0. The zero-order valence-electron chi connectivity index (χ0n) is 7.09. The van der Waals surface area contributed by atoms with Crippen LogP contribution in [-0.4, -0.2) is 0 Å². The second-order valence-electron chi connectivity index (χ2n) is 3.83. The Balaban J connectivity index is 1.99. The van der Waals surface area contributed by atoms with Gasteiger partial charge in [-0.25, -0.2) is 0 Å². The molecule has 60 valence electrons. The molecule has 0 aromatic heterocycles. The first-order chi connectivity index (χ1) is 5.93. The van der Waals surface area contributed by atoms with Gasteiger partial charge in [0, 0.05) is 5.92 Å². The predicted octanol–water partition coefficient (Wildman–Crippen LogP) is 3.15. The zero-order valence-corrected chi connectivity index (χ0v) is 7.09. The Hall–Kier alpha value is -1.04. The van der Waals surface area contributed by atoms with Gasteiger partial charge in [0.1, 0.15) is 0 Å². The van der Waals surface area contributed by atoms with E-state index in [0.717, 1.165) is 0 Å². The van der Waals surface area contributed by atoms with Crippen molar-refractivity contribution in [3.8, 4) is 0 Å². The second-order valence-corrected chi connectivity index (χ2v) is 3.83. The van der Waals surface area contributed by atoms with Crippen LogP contribution in [0.2, 0.25) is 0 Å². The Morgan fingerprint density at radius 1 is 1.08 bits per heavy atom. The van der Waals surface area contributed by atoms with E-state index in [1.165, 1.54) is 19.3 Å². The minimum atomic E-state index is 0.609. The third-order valence-electron chi connectivity index (χ3n) is 3.06. The Morgan fingerprint density at radius 2 is 1.92 bits per heavy atom. The Bertz CT molecular complexity index is 325. The summed E-state index contributed by atoms with van der Waals surface area (Å²) in [5.74, 6) is 0.609. The molecule has 2 bridgehead atoms. The SMILES string of the molecule is C1=CC(C2=C3CCC(=C2)C3)C=C1. The molecule has 0 aromatic rings. The topological polar surface area (TPSA) is 0 Å². The van der Waals surface area contributed by atoms with Crippen LogP contribution in [-0.2, 0) is 0 Å². The number of rotatable bonds is 1. The smallest absolute Gasteiger partial charge is 0.0204 e. The fraction of sp³-hybridized carbons (Fsp3) is 0.333. The average Bonchev–Trinajstić information content (AvgIpc) is 2.81. The van der Waals surface area contributed by atoms with Gasteiger partial charge < -0.3 is 0 Å². The number of allylic oxidation sites excluding steroid dienone is 8. The van der Waals surface area contributed by atoms with Crippen LogP contribution in [0, 0.1) is 5.92 Å². The predicted molar refractivity (Wildman–Crippen MR) is 50.7 cm³/mol. The van der Waals surface area contributed by atoms with Crippen molar-refractivity contribution in [3.63, 3.8) is 0 Å². The molecule has 1 saturated carbocycles. The lowest BCUT2D eigenvalue weighted by Crippen LogP contribution is -1.95. The van der Waals surface area contributed by atoms with Crippen molar-refractivity contribution in [1.29, 1.82) is 0 Å². The molecule has 3 aliphatic rings. The molecule has 0 N–H and O–H groups in total. The molecular formula is C12H12. The van der Waals surface area contributed by atoms with Crippen LogP contribution in [0.1, 0.15) is 19.3 Å². The van der Waals surface area contributed by atoms with Crippen molar-refractivity contribution in [3.05, 3.63) is 47.1 Å². The first-order valence-corrected chi connectivity index (χ1v) is 4.70. The van der Waals surface area contributed by atoms with Crippen LogP contribution in [0.3, 0.4) is 0 Å². The molecule has 3 rings (SSSR count). The molecule has 0 spiro atoms. The highest BCUT2D eigenvalue weighted by molar-refractivity contribution is 5.49. The van der Waals surface area contributed by atoms with Crippen LogP contribution in [0.15, 0.2) is 47.1 Å². The summed E-state index contributed by atoms with van der Waals surface area (Å²) in [7, 11) is 0. The summed E-state index contributed by atoms with van der Waals surface area (Å²) in [6.07, 6.45) is 15.3. The van der Waals surface area contributed by atoms with Gasteiger partial charge in [-0.1, -0.05) is 41.5 Å². The van der Waals surface area contributed by atoms with Gasteiger partial charge in [-0.2, -0.15) is 0 Å². The first-order valence-electron chi connectivity index (χ1n) is 4.70. The zero-order chi connectivity index (χ0) is 7.97. The largest absolute Gasteiger partial charge is 0.0732 e. The lowest BCUT2D eigenvalue weighted by Gasteiger charge is -2.10. The summed E-state index contributed by atoms with van der Waals surface area (Å²) in [4.78, 5) is 0. The highest BCUT2D eigenvalue weighted by Crippen LogP contribution is 2.42. The van der Waals surface area contributed by atoms with Gasteiger partial charge in [0.15, 0.2) is 0 Å². The van der Waals surface area contributed by atoms with E-state index in [1.54, 1.807) is 16.7 Å². The third kappa shape index (κ3) is 0.781. The van der Waals surface area contributed by atoms with Crippen molar-refractivity contribution in [2.24, 2.45) is 5.92 Å². The molecule has 1 fully saturated rings. The third-order valence-corrected chi connectivity index (χ3v) is 3.06. The standard InChI is InChI=1S/C12H12/c1-2-4-10(3-1)12-8-9-5-6-11(12)7-9/h1-4,8,10H,5-7H2. The highest BCUT2D eigenvalue weighted by atomic mass is 14.3. The van der Waals surface area contributed by atoms with Crippen LogP contribution >= 0.6 is 0 Å². The monoisotopic (exact) mass is 156 g/mol. The van der Waals surface area contributed by atoms with Crippen molar-refractivity contribution in [1.82, 2.24) is 0 Å². The Kier molecular flexibility index (Phi) is 1.20. The molecule has 0 atom stereocenters. The maximum Gasteiger partial charge on any atom is 0.0204 e. The fourth-order valence-corrected chi connectivity index (χ4v) is 2.43. The quantitative estimate of drug-likeness (QED) is 0.547. The van der Waals surface area contributed by atoms with Gasteiger partial charge in [0.2, 0.25) is 0 Å². The van der Waals surface area contributed by atoms with E-state index in [1.807, 2.05) is 0 Å². The van der Waals surface area contributed by atoms with Crippen LogP contribution in [0.4, 0.5) is 0 Å². The average molecular weight is 156 g/mol. The van der Waals surface area contributed by atoms with Gasteiger partial charge in [-0.15, -0.1) is 0 Å². The van der Waals surface area contributed by atoms with E-state index in [4.69, 9.17) is 0 Å². The van der Waals surface area contributed by atoms with Crippen LogP contribution < -0.4 is 0 Å². The van der Waals surface area contributed by atoms with E-state index in [2.05, 4.69) is 30.4 Å². The molecule has 12 heavy (non-hydrogen) atoms. The van der Waals surface area contributed by atoms with E-state index >= 15 is 0 Å².